The van der Waals surface area contributed by atoms with Gasteiger partial charge in [-0.3, -0.25) is 0 Å². The van der Waals surface area contributed by atoms with Crippen molar-refractivity contribution < 1.29 is 23.0 Å². The minimum absolute atomic E-state index is 0.00574. The third-order valence-corrected chi connectivity index (χ3v) is 3.92. The van der Waals surface area contributed by atoms with E-state index in [-0.39, 0.29) is 19.4 Å². The first-order valence-electron chi connectivity index (χ1n) is 7.17. The molecule has 0 spiro atoms. The van der Waals surface area contributed by atoms with Gasteiger partial charge in [0, 0.05) is 19.4 Å². The SMILES string of the molecule is CO[C@@H](C(=O)OCC[C@H]1CCCC1(F)F)c1ccccc1. The van der Waals surface area contributed by atoms with Crippen molar-refractivity contribution >= 4 is 5.97 Å². The normalized spacial score (nSPS) is 22.0. The van der Waals surface area contributed by atoms with Crippen molar-refractivity contribution in [1.82, 2.24) is 0 Å². The highest BCUT2D eigenvalue weighted by Crippen LogP contribution is 2.42. The number of halogens is 2. The van der Waals surface area contributed by atoms with E-state index in [2.05, 4.69) is 0 Å². The van der Waals surface area contributed by atoms with Gasteiger partial charge in [-0.15, -0.1) is 0 Å². The molecule has 21 heavy (non-hydrogen) atoms. The molecule has 0 bridgehead atoms. The molecule has 0 saturated heterocycles. The monoisotopic (exact) mass is 298 g/mol. The standard InChI is InChI=1S/C16H20F2O3/c1-20-14(12-6-3-2-4-7-12)15(19)21-11-9-13-8-5-10-16(13,17)18/h2-4,6-7,13-14H,5,8-11H2,1H3/t13-,14-/m1/s1. The summed E-state index contributed by atoms with van der Waals surface area (Å²) in [6, 6.07) is 8.96. The van der Waals surface area contributed by atoms with Gasteiger partial charge in [0.1, 0.15) is 0 Å². The maximum Gasteiger partial charge on any atom is 0.339 e. The average molecular weight is 298 g/mol. The van der Waals surface area contributed by atoms with Gasteiger partial charge < -0.3 is 9.47 Å². The van der Waals surface area contributed by atoms with Crippen LogP contribution in [0, 0.1) is 5.92 Å². The van der Waals surface area contributed by atoms with Crippen molar-refractivity contribution in [3.8, 4) is 0 Å². The predicted molar refractivity (Wildman–Crippen MR) is 74.1 cm³/mol. The summed E-state index contributed by atoms with van der Waals surface area (Å²) >= 11 is 0. The van der Waals surface area contributed by atoms with Crippen LogP contribution in [-0.4, -0.2) is 25.6 Å². The van der Waals surface area contributed by atoms with E-state index in [9.17, 15) is 13.6 Å². The van der Waals surface area contributed by atoms with Crippen LogP contribution in [0.4, 0.5) is 8.78 Å². The average Bonchev–Trinajstić information content (AvgIpc) is 2.80. The molecule has 2 rings (SSSR count). The van der Waals surface area contributed by atoms with Crippen LogP contribution in [0.15, 0.2) is 30.3 Å². The molecular formula is C16H20F2O3. The minimum Gasteiger partial charge on any atom is -0.463 e. The summed E-state index contributed by atoms with van der Waals surface area (Å²) in [7, 11) is 1.42. The molecule has 1 aromatic rings. The molecule has 1 aliphatic rings. The second-order valence-electron chi connectivity index (χ2n) is 5.33. The molecule has 1 aliphatic carbocycles. The van der Waals surface area contributed by atoms with Crippen molar-refractivity contribution in [2.45, 2.75) is 37.7 Å². The molecule has 0 unspecified atom stereocenters. The van der Waals surface area contributed by atoms with E-state index >= 15 is 0 Å². The smallest absolute Gasteiger partial charge is 0.339 e. The zero-order chi connectivity index (χ0) is 15.3. The third kappa shape index (κ3) is 4.00. The second kappa shape index (κ2) is 6.98. The molecular weight excluding hydrogens is 278 g/mol. The number of benzene rings is 1. The molecule has 5 heteroatoms. The van der Waals surface area contributed by atoms with E-state index in [1.807, 2.05) is 6.07 Å². The Morgan fingerprint density at radius 2 is 2.10 bits per heavy atom. The van der Waals surface area contributed by atoms with Gasteiger partial charge >= 0.3 is 5.97 Å². The first-order valence-corrected chi connectivity index (χ1v) is 7.17. The Kier molecular flexibility index (Phi) is 5.28. The Labute approximate surface area is 123 Å². The molecule has 1 aromatic carbocycles. The van der Waals surface area contributed by atoms with Crippen LogP contribution in [0.3, 0.4) is 0 Å². The van der Waals surface area contributed by atoms with Gasteiger partial charge in [0.2, 0.25) is 0 Å². The zero-order valence-electron chi connectivity index (χ0n) is 12.1. The van der Waals surface area contributed by atoms with Crippen molar-refractivity contribution in [2.24, 2.45) is 5.92 Å². The molecule has 0 N–H and O–H groups in total. The number of hydrogen-bond donors (Lipinski definition) is 0. The highest BCUT2D eigenvalue weighted by molar-refractivity contribution is 5.76. The van der Waals surface area contributed by atoms with E-state index in [4.69, 9.17) is 9.47 Å². The molecule has 3 nitrogen and oxygen atoms in total. The number of alkyl halides is 2. The van der Waals surface area contributed by atoms with Crippen LogP contribution in [-0.2, 0) is 14.3 Å². The van der Waals surface area contributed by atoms with E-state index in [0.717, 1.165) is 0 Å². The zero-order valence-corrected chi connectivity index (χ0v) is 12.1. The quantitative estimate of drug-likeness (QED) is 0.750. The summed E-state index contributed by atoms with van der Waals surface area (Å²) in [4.78, 5) is 12.0. The summed E-state index contributed by atoms with van der Waals surface area (Å²) in [6.45, 7) is 0.00574. The number of carbonyl (C=O) groups excluding carboxylic acids is 1. The topological polar surface area (TPSA) is 35.5 Å². The Morgan fingerprint density at radius 3 is 2.67 bits per heavy atom. The number of ether oxygens (including phenoxy) is 2. The van der Waals surface area contributed by atoms with Crippen LogP contribution in [0.2, 0.25) is 0 Å². The van der Waals surface area contributed by atoms with Gasteiger partial charge in [0.05, 0.1) is 6.61 Å². The third-order valence-electron chi connectivity index (χ3n) is 3.92. The van der Waals surface area contributed by atoms with Crippen molar-refractivity contribution in [2.75, 3.05) is 13.7 Å². The van der Waals surface area contributed by atoms with Gasteiger partial charge in [-0.05, 0) is 24.8 Å². The first-order chi connectivity index (χ1) is 10.0. The van der Waals surface area contributed by atoms with E-state index in [1.165, 1.54) is 7.11 Å². The van der Waals surface area contributed by atoms with Gasteiger partial charge in [0.15, 0.2) is 6.10 Å². The molecule has 0 amide bonds. The number of methoxy groups -OCH3 is 1. The lowest BCUT2D eigenvalue weighted by Gasteiger charge is -2.19. The fourth-order valence-corrected chi connectivity index (χ4v) is 2.73. The Balaban J connectivity index is 1.84. The number of carbonyl (C=O) groups is 1. The van der Waals surface area contributed by atoms with Crippen LogP contribution >= 0.6 is 0 Å². The van der Waals surface area contributed by atoms with Gasteiger partial charge in [0.25, 0.3) is 5.92 Å². The van der Waals surface area contributed by atoms with Crippen molar-refractivity contribution in [3.63, 3.8) is 0 Å². The Bertz CT molecular complexity index is 462. The lowest BCUT2D eigenvalue weighted by Crippen LogP contribution is -2.24. The van der Waals surface area contributed by atoms with Gasteiger partial charge in [-0.1, -0.05) is 30.3 Å². The lowest BCUT2D eigenvalue weighted by atomic mass is 10.0. The summed E-state index contributed by atoms with van der Waals surface area (Å²) in [6.07, 6.45) is 0.364. The number of rotatable bonds is 6. The predicted octanol–water partition coefficient (Wildman–Crippen LogP) is 3.74. The molecule has 0 heterocycles. The van der Waals surface area contributed by atoms with Crippen LogP contribution < -0.4 is 0 Å². The maximum atomic E-state index is 13.5. The minimum atomic E-state index is -2.62. The molecule has 1 fully saturated rings. The first kappa shape index (κ1) is 15.9. The fraction of sp³-hybridized carbons (Fsp3) is 0.562. The second-order valence-corrected chi connectivity index (χ2v) is 5.33. The Hall–Kier alpha value is -1.49. The number of hydrogen-bond acceptors (Lipinski definition) is 3. The molecule has 116 valence electrons. The van der Waals surface area contributed by atoms with Crippen LogP contribution in [0.5, 0.6) is 0 Å². The van der Waals surface area contributed by atoms with E-state index in [1.54, 1.807) is 24.3 Å². The van der Waals surface area contributed by atoms with E-state index in [0.29, 0.717) is 18.4 Å². The highest BCUT2D eigenvalue weighted by atomic mass is 19.3. The largest absolute Gasteiger partial charge is 0.463 e. The molecule has 0 aromatic heterocycles. The molecule has 0 aliphatic heterocycles. The summed E-state index contributed by atoms with van der Waals surface area (Å²) in [5.74, 6) is -3.83. The summed E-state index contributed by atoms with van der Waals surface area (Å²) in [5.41, 5.74) is 0.691. The molecule has 0 radical (unpaired) electrons. The molecule has 2 atom stereocenters. The Morgan fingerprint density at radius 1 is 1.38 bits per heavy atom. The number of esters is 1. The van der Waals surface area contributed by atoms with Crippen LogP contribution in [0.1, 0.15) is 37.4 Å². The lowest BCUT2D eigenvalue weighted by molar-refractivity contribution is -0.157. The van der Waals surface area contributed by atoms with Crippen molar-refractivity contribution in [3.05, 3.63) is 35.9 Å². The van der Waals surface area contributed by atoms with Crippen LogP contribution in [0.25, 0.3) is 0 Å². The highest BCUT2D eigenvalue weighted by Gasteiger charge is 2.43. The van der Waals surface area contributed by atoms with Crippen molar-refractivity contribution in [1.29, 1.82) is 0 Å². The van der Waals surface area contributed by atoms with Gasteiger partial charge in [-0.2, -0.15) is 0 Å². The summed E-state index contributed by atoms with van der Waals surface area (Å²) in [5, 5.41) is 0. The van der Waals surface area contributed by atoms with E-state index < -0.39 is 23.9 Å². The fourth-order valence-electron chi connectivity index (χ4n) is 2.73. The maximum absolute atomic E-state index is 13.5. The molecule has 1 saturated carbocycles. The van der Waals surface area contributed by atoms with Gasteiger partial charge in [-0.25, -0.2) is 13.6 Å². The summed E-state index contributed by atoms with van der Waals surface area (Å²) < 4.78 is 37.2.